The highest BCUT2D eigenvalue weighted by Gasteiger charge is 2.20. The Morgan fingerprint density at radius 1 is 0.117 bits per heavy atom. The van der Waals surface area contributed by atoms with Crippen LogP contribution in [0.25, 0.3) is 166 Å². The molecule has 0 amide bonds. The molecule has 0 unspecified atom stereocenters. The molecule has 19 rings (SSSR count). The molecule has 0 radical (unpaired) electrons. The van der Waals surface area contributed by atoms with Gasteiger partial charge in [-0.1, -0.05) is 243 Å². The van der Waals surface area contributed by atoms with E-state index < -0.39 is 0 Å². The minimum absolute atomic E-state index is 1.16. The van der Waals surface area contributed by atoms with Crippen LogP contribution in [-0.2, 0) is 0 Å². The Labute approximate surface area is 544 Å². The average molecular weight is 1200 g/mol. The molecule has 4 heteroatoms. The van der Waals surface area contributed by atoms with Crippen LogP contribution in [0.1, 0.15) is 0 Å². The summed E-state index contributed by atoms with van der Waals surface area (Å²) in [4.78, 5) is 0. The molecular weight excluding hydrogens is 1140 g/mol. The highest BCUT2D eigenvalue weighted by Crippen LogP contribution is 2.43. The summed E-state index contributed by atoms with van der Waals surface area (Å²) in [6.45, 7) is 0. The van der Waals surface area contributed by atoms with E-state index in [1.165, 1.54) is 154 Å². The first-order valence-electron chi connectivity index (χ1n) is 32.3. The van der Waals surface area contributed by atoms with E-state index >= 15 is 0 Å². The highest BCUT2D eigenvalue weighted by atomic mass is 15.0. The fourth-order valence-electron chi connectivity index (χ4n) is 14.6. The molecule has 0 aliphatic carbocycles. The topological polar surface area (TPSA) is 19.7 Å². The molecule has 0 aliphatic rings. The molecule has 19 aromatic rings. The van der Waals surface area contributed by atoms with Crippen LogP contribution in [0.3, 0.4) is 0 Å². The number of hydrogen-bond acceptors (Lipinski definition) is 0. The zero-order chi connectivity index (χ0) is 62.1. The summed E-state index contributed by atoms with van der Waals surface area (Å²) >= 11 is 0. The molecule has 0 spiro atoms. The zero-order valence-electron chi connectivity index (χ0n) is 51.4. The van der Waals surface area contributed by atoms with Crippen molar-refractivity contribution in [2.24, 2.45) is 0 Å². The van der Waals surface area contributed by atoms with Crippen LogP contribution >= 0.6 is 0 Å². The van der Waals surface area contributed by atoms with Gasteiger partial charge in [0.25, 0.3) is 0 Å². The van der Waals surface area contributed by atoms with Crippen LogP contribution in [0.4, 0.5) is 0 Å². The quantitative estimate of drug-likeness (QED) is 0.137. The first-order chi connectivity index (χ1) is 46.6. The summed E-state index contributed by atoms with van der Waals surface area (Å²) in [5.74, 6) is 0. The maximum absolute atomic E-state index is 2.40. The van der Waals surface area contributed by atoms with E-state index in [2.05, 4.69) is 382 Å². The summed E-state index contributed by atoms with van der Waals surface area (Å²) in [5.41, 5.74) is 26.6. The monoisotopic (exact) mass is 1200 g/mol. The lowest BCUT2D eigenvalue weighted by atomic mass is 9.99. The number of fused-ring (bicyclic) bond motifs is 12. The molecular formula is C90H60N4. The van der Waals surface area contributed by atoms with Gasteiger partial charge in [0.1, 0.15) is 0 Å². The van der Waals surface area contributed by atoms with E-state index in [1.54, 1.807) is 0 Å². The van der Waals surface area contributed by atoms with Crippen molar-refractivity contribution in [3.8, 4) is 78.4 Å². The van der Waals surface area contributed by atoms with Crippen LogP contribution in [0, 0.1) is 0 Å². The van der Waals surface area contributed by atoms with Gasteiger partial charge < -0.3 is 18.3 Å². The Morgan fingerprint density at radius 3 is 0.670 bits per heavy atom. The van der Waals surface area contributed by atoms with Gasteiger partial charge in [0, 0.05) is 65.8 Å². The van der Waals surface area contributed by atoms with E-state index in [4.69, 9.17) is 0 Å². The van der Waals surface area contributed by atoms with Gasteiger partial charge in [-0.3, -0.25) is 0 Å². The molecule has 0 N–H and O–H groups in total. The van der Waals surface area contributed by atoms with Gasteiger partial charge in [-0.05, 0) is 177 Å². The first kappa shape index (κ1) is 54.4. The number of hydrogen-bond donors (Lipinski definition) is 0. The predicted molar refractivity (Wildman–Crippen MR) is 397 cm³/mol. The van der Waals surface area contributed by atoms with Crippen molar-refractivity contribution >= 4 is 87.2 Å². The normalized spacial score (nSPS) is 11.6. The van der Waals surface area contributed by atoms with Gasteiger partial charge in [0.2, 0.25) is 0 Å². The molecule has 94 heavy (non-hydrogen) atoms. The van der Waals surface area contributed by atoms with Crippen molar-refractivity contribution in [3.63, 3.8) is 0 Å². The average Bonchev–Trinajstić information content (AvgIpc) is 1.61. The zero-order valence-corrected chi connectivity index (χ0v) is 51.4. The number of aromatic nitrogens is 4. The lowest BCUT2D eigenvalue weighted by Crippen LogP contribution is -1.94. The van der Waals surface area contributed by atoms with Crippen LogP contribution in [-0.4, -0.2) is 18.3 Å². The van der Waals surface area contributed by atoms with Crippen molar-refractivity contribution in [2.75, 3.05) is 0 Å². The van der Waals surface area contributed by atoms with Crippen LogP contribution < -0.4 is 0 Å². The second-order valence-electron chi connectivity index (χ2n) is 24.4. The lowest BCUT2D eigenvalue weighted by Gasteiger charge is -2.10. The number of rotatable bonds is 9. The molecule has 0 atom stereocenters. The Morgan fingerprint density at radius 2 is 0.330 bits per heavy atom. The maximum Gasteiger partial charge on any atom is 0.0547 e. The van der Waals surface area contributed by atoms with Gasteiger partial charge in [0.05, 0.1) is 44.1 Å². The molecule has 15 aromatic carbocycles. The van der Waals surface area contributed by atoms with Crippen LogP contribution in [0.15, 0.2) is 364 Å². The fourth-order valence-corrected chi connectivity index (χ4v) is 14.6. The number of para-hydroxylation sites is 5. The molecule has 0 fully saturated rings. The summed E-state index contributed by atoms with van der Waals surface area (Å²) in [6.07, 6.45) is 0. The SMILES string of the molecule is c1ccc(-c2ccc(-n3c4ccccc4c4cc(-c5ccc6c(c5)c5ccc(-c7ccccc7)cc5n6-c5ccccc5)ccc43)cc2)cc1.c1ccc(-c2ccc3c4cc(-c5ccc6c(c5)c5ccccc5n6-c5ccccc5)ccc4n(-c4ccccc4)c3c2)cc1. The summed E-state index contributed by atoms with van der Waals surface area (Å²) in [5, 5.41) is 10.1. The second-order valence-corrected chi connectivity index (χ2v) is 24.4. The maximum atomic E-state index is 2.40. The number of nitrogens with zero attached hydrogens (tertiary/aromatic N) is 4. The smallest absolute Gasteiger partial charge is 0.0547 e. The molecule has 4 heterocycles. The molecule has 0 saturated heterocycles. The summed E-state index contributed by atoms with van der Waals surface area (Å²) in [6, 6.07) is 132. The van der Waals surface area contributed by atoms with E-state index in [9.17, 15) is 0 Å². The predicted octanol–water partition coefficient (Wildman–Crippen LogP) is 24.1. The first-order valence-corrected chi connectivity index (χ1v) is 32.3. The third kappa shape index (κ3) is 9.30. The summed E-state index contributed by atoms with van der Waals surface area (Å²) < 4.78 is 9.57. The van der Waals surface area contributed by atoms with Gasteiger partial charge in [-0.15, -0.1) is 0 Å². The highest BCUT2D eigenvalue weighted by molar-refractivity contribution is 6.15. The number of benzene rings is 15. The molecule has 4 aromatic heterocycles. The fraction of sp³-hybridized carbons (Fsp3) is 0. The summed E-state index contributed by atoms with van der Waals surface area (Å²) in [7, 11) is 0. The van der Waals surface area contributed by atoms with Gasteiger partial charge >= 0.3 is 0 Å². The Bertz CT molecular complexity index is 6040. The van der Waals surface area contributed by atoms with E-state index in [0.717, 1.165) is 11.4 Å². The van der Waals surface area contributed by atoms with E-state index in [-0.39, 0.29) is 0 Å². The Balaban J connectivity index is 0.000000139. The molecule has 0 bridgehead atoms. The van der Waals surface area contributed by atoms with Crippen LogP contribution in [0.2, 0.25) is 0 Å². The van der Waals surface area contributed by atoms with Gasteiger partial charge in [-0.2, -0.15) is 0 Å². The van der Waals surface area contributed by atoms with Crippen molar-refractivity contribution in [3.05, 3.63) is 364 Å². The Kier molecular flexibility index (Phi) is 13.2. The second kappa shape index (κ2) is 22.8. The minimum atomic E-state index is 1.16. The van der Waals surface area contributed by atoms with Crippen LogP contribution in [0.5, 0.6) is 0 Å². The minimum Gasteiger partial charge on any atom is -0.309 e. The largest absolute Gasteiger partial charge is 0.309 e. The molecule has 440 valence electrons. The van der Waals surface area contributed by atoms with Crippen molar-refractivity contribution in [1.29, 1.82) is 0 Å². The van der Waals surface area contributed by atoms with Gasteiger partial charge in [-0.25, -0.2) is 0 Å². The van der Waals surface area contributed by atoms with Crippen molar-refractivity contribution in [1.82, 2.24) is 18.3 Å². The third-order valence-corrected chi connectivity index (χ3v) is 19.0. The van der Waals surface area contributed by atoms with Gasteiger partial charge in [0.15, 0.2) is 0 Å². The molecule has 0 aliphatic heterocycles. The van der Waals surface area contributed by atoms with E-state index in [1.807, 2.05) is 0 Å². The lowest BCUT2D eigenvalue weighted by molar-refractivity contribution is 1.18. The molecule has 0 saturated carbocycles. The van der Waals surface area contributed by atoms with E-state index in [0.29, 0.717) is 0 Å². The standard InChI is InChI=1S/C48H32N2.C42H28N2/c1-4-12-33(13-5-1)35-20-25-40(26-21-35)49-45-19-11-10-18-41(45)43-30-36(23-28-46(43)49)37-24-29-47-44(31-37)42-27-22-38(34-14-6-2-7-15-34)32-48(42)50(47)39-16-8-3-9-17-39;1-4-12-29(13-5-1)32-20-23-36-38-27-31(22-25-41(38)44(42(36)28-32)34-16-8-3-9-17-34)30-21-24-40-37(26-30)35-18-10-11-19-39(35)43(40)33-14-6-2-7-15-33/h1-32H;1-28H. The van der Waals surface area contributed by atoms with Crippen molar-refractivity contribution in [2.45, 2.75) is 0 Å². The van der Waals surface area contributed by atoms with Crippen molar-refractivity contribution < 1.29 is 0 Å². The Hall–Kier alpha value is -12.5. The molecule has 4 nitrogen and oxygen atoms in total. The third-order valence-electron chi connectivity index (χ3n) is 19.0.